The fourth-order valence-electron chi connectivity index (χ4n) is 5.42. The van der Waals surface area contributed by atoms with Crippen molar-refractivity contribution < 1.29 is 18.3 Å². The van der Waals surface area contributed by atoms with Crippen molar-refractivity contribution in [3.8, 4) is 5.19 Å². The van der Waals surface area contributed by atoms with Crippen molar-refractivity contribution in [3.05, 3.63) is 46.4 Å². The molecule has 36 heavy (non-hydrogen) atoms. The van der Waals surface area contributed by atoms with E-state index in [0.717, 1.165) is 79.7 Å². The van der Waals surface area contributed by atoms with Crippen LogP contribution in [0.15, 0.2) is 24.5 Å². The van der Waals surface area contributed by atoms with Gasteiger partial charge in [0.25, 0.3) is 11.1 Å². The largest absolute Gasteiger partial charge is 0.464 e. The van der Waals surface area contributed by atoms with E-state index in [2.05, 4.69) is 14.9 Å². The van der Waals surface area contributed by atoms with Crippen LogP contribution in [0.4, 0.5) is 8.78 Å². The van der Waals surface area contributed by atoms with Crippen molar-refractivity contribution in [2.24, 2.45) is 11.8 Å². The summed E-state index contributed by atoms with van der Waals surface area (Å²) in [6.45, 7) is 4.95. The monoisotopic (exact) mass is 516 g/mol. The van der Waals surface area contributed by atoms with Crippen LogP contribution >= 0.6 is 11.3 Å². The number of carbonyl (C=O) groups is 1. The van der Waals surface area contributed by atoms with Gasteiger partial charge in [0.05, 0.1) is 11.4 Å². The van der Waals surface area contributed by atoms with E-state index in [1.807, 2.05) is 35.9 Å². The molecule has 0 spiro atoms. The summed E-state index contributed by atoms with van der Waals surface area (Å²) in [5, 5.41) is 0.357. The summed E-state index contributed by atoms with van der Waals surface area (Å²) in [6, 6.07) is 3.81. The van der Waals surface area contributed by atoms with Crippen molar-refractivity contribution >= 4 is 22.8 Å². The Bertz CT molecular complexity index is 1210. The summed E-state index contributed by atoms with van der Waals surface area (Å²) in [6.07, 6.45) is 11.1. The number of imidazole rings is 1. The number of alkyl halides is 2. The minimum Gasteiger partial charge on any atom is -0.464 e. The maximum atomic E-state index is 13.1. The van der Waals surface area contributed by atoms with Crippen LogP contribution in [0, 0.1) is 18.8 Å². The average Bonchev–Trinajstić information content (AvgIpc) is 3.42. The van der Waals surface area contributed by atoms with Gasteiger partial charge in [-0.15, -0.1) is 0 Å². The molecule has 0 unspecified atom stereocenters. The second-order valence-corrected chi connectivity index (χ2v) is 11.6. The Morgan fingerprint density at radius 2 is 2.00 bits per heavy atom. The van der Waals surface area contributed by atoms with Gasteiger partial charge < -0.3 is 9.14 Å². The van der Waals surface area contributed by atoms with Gasteiger partial charge in [-0.1, -0.05) is 24.2 Å². The number of ether oxygens (including phenoxy) is 1. The maximum Gasteiger partial charge on any atom is 0.278 e. The fraction of sp³-hybridized carbons (Fsp3) is 0.593. The summed E-state index contributed by atoms with van der Waals surface area (Å²) in [4.78, 5) is 25.4. The topological polar surface area (TPSA) is 59.7 Å². The molecule has 0 amide bonds. The summed E-state index contributed by atoms with van der Waals surface area (Å²) in [7, 11) is 0. The molecule has 0 N–H and O–H groups in total. The van der Waals surface area contributed by atoms with Gasteiger partial charge in [-0.25, -0.2) is 18.7 Å². The number of ketones is 1. The molecule has 9 heteroatoms. The Balaban J connectivity index is 1.04. The number of nitrogens with zero attached hydrogens (tertiary/aromatic N) is 4. The predicted octanol–water partition coefficient (Wildman–Crippen LogP) is 5.96. The van der Waals surface area contributed by atoms with E-state index in [0.29, 0.717) is 23.5 Å². The molecule has 5 rings (SSSR count). The molecule has 194 valence electrons. The normalized spacial score (nSPS) is 21.0. The third kappa shape index (κ3) is 6.29. The van der Waals surface area contributed by atoms with E-state index in [1.165, 1.54) is 24.2 Å². The number of pyridine rings is 1. The van der Waals surface area contributed by atoms with Crippen LogP contribution in [-0.4, -0.2) is 50.7 Å². The Hall–Kier alpha value is -2.39. The highest BCUT2D eigenvalue weighted by Crippen LogP contribution is 2.35. The smallest absolute Gasteiger partial charge is 0.278 e. The summed E-state index contributed by atoms with van der Waals surface area (Å²) >= 11 is 1.40. The van der Waals surface area contributed by atoms with Crippen molar-refractivity contribution in [2.75, 3.05) is 19.7 Å². The van der Waals surface area contributed by atoms with Crippen molar-refractivity contribution in [3.63, 3.8) is 0 Å². The van der Waals surface area contributed by atoms with Crippen LogP contribution in [-0.2, 0) is 13.0 Å². The molecule has 0 bridgehead atoms. The molecule has 1 aliphatic heterocycles. The van der Waals surface area contributed by atoms with Crippen LogP contribution in [0.3, 0.4) is 0 Å². The van der Waals surface area contributed by atoms with E-state index in [9.17, 15) is 13.6 Å². The number of fused-ring (bicyclic) bond motifs is 2. The number of rotatable bonds is 9. The van der Waals surface area contributed by atoms with Crippen molar-refractivity contribution in [1.29, 1.82) is 0 Å². The highest BCUT2D eigenvalue weighted by atomic mass is 32.1. The second kappa shape index (κ2) is 10.5. The third-order valence-corrected chi connectivity index (χ3v) is 8.50. The van der Waals surface area contributed by atoms with E-state index in [4.69, 9.17) is 4.74 Å². The SMILES string of the molecule is Cc1cn2ccc(C(=O)CC3CCC(CCN4CCc5sc(OCC(C)(F)F)nc5C4)CC3)cc2n1. The molecule has 1 aliphatic carbocycles. The minimum atomic E-state index is -2.85. The lowest BCUT2D eigenvalue weighted by molar-refractivity contribution is -0.0230. The van der Waals surface area contributed by atoms with Crippen LogP contribution in [0.25, 0.3) is 5.65 Å². The minimum absolute atomic E-state index is 0.222. The third-order valence-electron chi connectivity index (χ3n) is 7.43. The lowest BCUT2D eigenvalue weighted by Crippen LogP contribution is -2.32. The lowest BCUT2D eigenvalue weighted by Gasteiger charge is -2.31. The zero-order chi connectivity index (χ0) is 25.3. The first-order valence-corrected chi connectivity index (χ1v) is 13.7. The number of carbonyl (C=O) groups excluding carboxylic acids is 1. The molecule has 2 aliphatic rings. The first-order chi connectivity index (χ1) is 17.2. The number of aromatic nitrogens is 3. The standard InChI is InChI=1S/C27H34F2N4O2S/c1-18-15-33-12-8-21(14-25(33)30-18)23(34)13-20-5-3-19(4-6-20)7-10-32-11-9-24-22(16-32)31-26(36-24)35-17-27(2,28)29/h8,12,14-15,19-20H,3-7,9-11,13,16-17H2,1-2H3. The quantitative estimate of drug-likeness (QED) is 0.329. The Morgan fingerprint density at radius 1 is 1.22 bits per heavy atom. The molecule has 0 aromatic carbocycles. The zero-order valence-corrected chi connectivity index (χ0v) is 21.8. The van der Waals surface area contributed by atoms with Gasteiger partial charge >= 0.3 is 0 Å². The summed E-state index contributed by atoms with van der Waals surface area (Å²) in [5.41, 5.74) is 3.52. The number of aryl methyl sites for hydroxylation is 1. The molecule has 1 saturated carbocycles. The number of hydrogen-bond acceptors (Lipinski definition) is 6. The molecule has 0 saturated heterocycles. The van der Waals surface area contributed by atoms with E-state index >= 15 is 0 Å². The van der Waals surface area contributed by atoms with Gasteiger partial charge in [0.2, 0.25) is 0 Å². The van der Waals surface area contributed by atoms with Gasteiger partial charge in [-0.3, -0.25) is 9.69 Å². The predicted molar refractivity (Wildman–Crippen MR) is 136 cm³/mol. The molecular weight excluding hydrogens is 482 g/mol. The van der Waals surface area contributed by atoms with Crippen molar-refractivity contribution in [2.45, 2.75) is 71.3 Å². The average molecular weight is 517 g/mol. The summed E-state index contributed by atoms with van der Waals surface area (Å²) < 4.78 is 33.3. The molecule has 0 radical (unpaired) electrons. The maximum absolute atomic E-state index is 13.1. The molecular formula is C27H34F2N4O2S. The van der Waals surface area contributed by atoms with Crippen molar-refractivity contribution in [1.82, 2.24) is 19.3 Å². The van der Waals surface area contributed by atoms with Crippen LogP contribution in [0.5, 0.6) is 5.19 Å². The number of halogens is 2. The Kier molecular flexibility index (Phi) is 7.40. The number of thiazole rings is 1. The van der Waals surface area contributed by atoms with Crippen LogP contribution < -0.4 is 4.74 Å². The fourth-order valence-corrected chi connectivity index (χ4v) is 6.33. The van der Waals surface area contributed by atoms with Gasteiger partial charge in [-0.05, 0) is 63.1 Å². The van der Waals surface area contributed by atoms with E-state index < -0.39 is 12.5 Å². The molecule has 3 aromatic rings. The molecule has 1 fully saturated rings. The highest BCUT2D eigenvalue weighted by molar-refractivity contribution is 7.13. The van der Waals surface area contributed by atoms with Crippen LogP contribution in [0.2, 0.25) is 0 Å². The van der Waals surface area contributed by atoms with Gasteiger partial charge in [0.15, 0.2) is 12.4 Å². The summed E-state index contributed by atoms with van der Waals surface area (Å²) in [5.74, 6) is -1.46. The molecule has 6 nitrogen and oxygen atoms in total. The van der Waals surface area contributed by atoms with E-state index in [1.54, 1.807) is 0 Å². The lowest BCUT2D eigenvalue weighted by atomic mass is 9.78. The first kappa shape index (κ1) is 25.3. The highest BCUT2D eigenvalue weighted by Gasteiger charge is 2.27. The van der Waals surface area contributed by atoms with Gasteiger partial charge in [0.1, 0.15) is 5.65 Å². The molecule has 3 aromatic heterocycles. The van der Waals surface area contributed by atoms with Gasteiger partial charge in [0, 0.05) is 49.3 Å². The zero-order valence-electron chi connectivity index (χ0n) is 21.0. The van der Waals surface area contributed by atoms with Crippen LogP contribution in [0.1, 0.15) is 72.1 Å². The first-order valence-electron chi connectivity index (χ1n) is 12.9. The molecule has 4 heterocycles. The Labute approximate surface area is 214 Å². The number of Topliss-reactive ketones (excluding diaryl/α,β-unsaturated/α-hetero) is 1. The number of hydrogen-bond donors (Lipinski definition) is 0. The Morgan fingerprint density at radius 3 is 2.78 bits per heavy atom. The van der Waals surface area contributed by atoms with Gasteiger partial charge in [-0.2, -0.15) is 0 Å². The second-order valence-electron chi connectivity index (χ2n) is 10.6. The van der Waals surface area contributed by atoms with E-state index in [-0.39, 0.29) is 5.78 Å². The molecule has 0 atom stereocenters.